The van der Waals surface area contributed by atoms with Crippen molar-refractivity contribution >= 4 is 11.9 Å². The fourth-order valence-corrected chi connectivity index (χ4v) is 4.92. The molecule has 1 aliphatic rings. The molecule has 0 aromatic heterocycles. The molecule has 0 saturated carbocycles. The minimum absolute atomic E-state index is 0.0326. The summed E-state index contributed by atoms with van der Waals surface area (Å²) < 4.78 is 17.3. The molecule has 38 heavy (non-hydrogen) atoms. The summed E-state index contributed by atoms with van der Waals surface area (Å²) in [6, 6.07) is 16.9. The molecule has 2 aromatic rings. The van der Waals surface area contributed by atoms with E-state index < -0.39 is 6.04 Å². The topological polar surface area (TPSA) is 65.1 Å². The molecule has 6 nitrogen and oxygen atoms in total. The maximum Gasteiger partial charge on any atom is 0.329 e. The van der Waals surface area contributed by atoms with E-state index >= 15 is 0 Å². The molecule has 0 saturated heterocycles. The monoisotopic (exact) mass is 521 g/mol. The van der Waals surface area contributed by atoms with Gasteiger partial charge in [-0.2, -0.15) is 0 Å². The number of allylic oxidation sites excluding steroid dienone is 2. The first-order valence-electron chi connectivity index (χ1n) is 13.7. The van der Waals surface area contributed by atoms with Crippen LogP contribution < -0.4 is 4.74 Å². The number of hydrogen-bond donors (Lipinski definition) is 0. The Labute approximate surface area is 228 Å². The Balaban J connectivity index is 1.74. The minimum Gasteiger partial charge on any atom is -0.497 e. The lowest BCUT2D eigenvalue weighted by atomic mass is 9.93. The largest absolute Gasteiger partial charge is 0.497 e. The molecule has 0 spiro atoms. The Bertz CT molecular complexity index is 1040. The number of benzene rings is 2. The number of hydrogen-bond acceptors (Lipinski definition) is 5. The van der Waals surface area contributed by atoms with Crippen LogP contribution in [0, 0.1) is 17.8 Å². The summed E-state index contributed by atoms with van der Waals surface area (Å²) in [7, 11) is 3.37. The zero-order valence-electron chi connectivity index (χ0n) is 23.5. The third-order valence-corrected chi connectivity index (χ3v) is 7.20. The van der Waals surface area contributed by atoms with Gasteiger partial charge >= 0.3 is 5.97 Å². The maximum absolute atomic E-state index is 13.6. The van der Waals surface area contributed by atoms with Crippen molar-refractivity contribution in [1.29, 1.82) is 0 Å². The third kappa shape index (κ3) is 9.02. The second-order valence-electron chi connectivity index (χ2n) is 10.6. The zero-order chi connectivity index (χ0) is 27.5. The fraction of sp³-hybridized carbons (Fsp3) is 0.500. The normalized spacial score (nSPS) is 26.0. The molecule has 0 aliphatic carbocycles. The summed E-state index contributed by atoms with van der Waals surface area (Å²) in [5.41, 5.74) is 2.05. The number of esters is 1. The Kier molecular flexibility index (Phi) is 11.4. The molecule has 1 amide bonds. The van der Waals surface area contributed by atoms with Crippen LogP contribution >= 0.6 is 0 Å². The third-order valence-electron chi connectivity index (χ3n) is 7.20. The summed E-state index contributed by atoms with van der Waals surface area (Å²) in [6.07, 6.45) is 6.50. The van der Waals surface area contributed by atoms with E-state index in [2.05, 4.69) is 26.0 Å². The molecule has 0 bridgehead atoms. The van der Waals surface area contributed by atoms with Crippen LogP contribution in [0.2, 0.25) is 0 Å². The molecule has 0 radical (unpaired) electrons. The van der Waals surface area contributed by atoms with Gasteiger partial charge in [-0.1, -0.05) is 75.4 Å². The molecule has 1 heterocycles. The van der Waals surface area contributed by atoms with Gasteiger partial charge in [0, 0.05) is 25.8 Å². The van der Waals surface area contributed by atoms with E-state index in [0.717, 1.165) is 23.3 Å². The SMILES string of the molecule is COc1ccc(COCC[C@@H]2C[C@H](C)/C=C/[C@@H](C)C[C@@H](C)C(=O)N(C)[C@@H](Cc3ccccc3)C(=O)O2)cc1. The summed E-state index contributed by atoms with van der Waals surface area (Å²) in [6.45, 7) is 7.17. The lowest BCUT2D eigenvalue weighted by molar-refractivity contribution is -0.161. The Morgan fingerprint density at radius 1 is 0.895 bits per heavy atom. The van der Waals surface area contributed by atoms with Crippen LogP contribution in [0.4, 0.5) is 0 Å². The fourth-order valence-electron chi connectivity index (χ4n) is 4.92. The van der Waals surface area contributed by atoms with Crippen LogP contribution in [-0.4, -0.2) is 49.7 Å². The average molecular weight is 522 g/mol. The summed E-state index contributed by atoms with van der Waals surface area (Å²) in [5, 5.41) is 0. The molecule has 1 aliphatic heterocycles. The van der Waals surface area contributed by atoms with Crippen LogP contribution in [0.3, 0.4) is 0 Å². The van der Waals surface area contributed by atoms with Gasteiger partial charge in [0.25, 0.3) is 0 Å². The molecule has 0 unspecified atom stereocenters. The van der Waals surface area contributed by atoms with Gasteiger partial charge in [-0.05, 0) is 47.9 Å². The highest BCUT2D eigenvalue weighted by Gasteiger charge is 2.33. The van der Waals surface area contributed by atoms with E-state index in [1.165, 1.54) is 0 Å². The molecule has 0 N–H and O–H groups in total. The minimum atomic E-state index is -0.686. The number of carbonyl (C=O) groups is 2. The Hall–Kier alpha value is -3.12. The van der Waals surface area contributed by atoms with Crippen molar-refractivity contribution in [3.05, 3.63) is 77.9 Å². The number of likely N-dealkylation sites (N-methyl/N-ethyl adjacent to an activating group) is 1. The van der Waals surface area contributed by atoms with Crippen molar-refractivity contribution < 1.29 is 23.8 Å². The first kappa shape index (κ1) is 29.4. The van der Waals surface area contributed by atoms with Gasteiger partial charge in [0.2, 0.25) is 5.91 Å². The van der Waals surface area contributed by atoms with E-state index in [9.17, 15) is 9.59 Å². The summed E-state index contributed by atoms with van der Waals surface area (Å²) in [4.78, 5) is 28.5. The van der Waals surface area contributed by atoms with E-state index in [-0.39, 0.29) is 35.7 Å². The van der Waals surface area contributed by atoms with Crippen molar-refractivity contribution in [3.63, 3.8) is 0 Å². The lowest BCUT2D eigenvalue weighted by Crippen LogP contribution is -2.47. The molecular formula is C32H43NO5. The number of methoxy groups -OCH3 is 1. The van der Waals surface area contributed by atoms with Crippen molar-refractivity contribution in [1.82, 2.24) is 4.90 Å². The van der Waals surface area contributed by atoms with Crippen molar-refractivity contribution in [2.75, 3.05) is 20.8 Å². The van der Waals surface area contributed by atoms with Crippen LogP contribution in [-0.2, 0) is 32.1 Å². The standard InChI is InChI=1S/C32H43NO5/c1-23-11-12-24(2)20-29(17-18-37-22-27-13-15-28(36-5)16-14-27)38-32(35)30(21-26-9-7-6-8-10-26)33(4)31(34)25(3)19-23/h6-16,23-25,29-30H,17-22H2,1-5H3/b12-11+/t23-,24-,25-,29-,30+/m1/s1. The Morgan fingerprint density at radius 3 is 2.21 bits per heavy atom. The summed E-state index contributed by atoms with van der Waals surface area (Å²) in [5.74, 6) is 0.721. The van der Waals surface area contributed by atoms with Gasteiger partial charge in [0.05, 0.1) is 20.3 Å². The average Bonchev–Trinajstić information content (AvgIpc) is 2.92. The van der Waals surface area contributed by atoms with Gasteiger partial charge in [0.15, 0.2) is 0 Å². The highest BCUT2D eigenvalue weighted by atomic mass is 16.5. The van der Waals surface area contributed by atoms with E-state index in [0.29, 0.717) is 32.5 Å². The molecule has 206 valence electrons. The van der Waals surface area contributed by atoms with Gasteiger partial charge in [-0.3, -0.25) is 4.79 Å². The Morgan fingerprint density at radius 2 is 1.55 bits per heavy atom. The van der Waals surface area contributed by atoms with Crippen LogP contribution in [0.25, 0.3) is 0 Å². The number of carbonyl (C=O) groups excluding carboxylic acids is 2. The van der Waals surface area contributed by atoms with Crippen molar-refractivity contribution in [2.24, 2.45) is 17.8 Å². The van der Waals surface area contributed by atoms with Crippen molar-refractivity contribution in [3.8, 4) is 5.75 Å². The molecule has 5 atom stereocenters. The first-order valence-corrected chi connectivity index (χ1v) is 13.7. The number of amides is 1. The predicted octanol–water partition coefficient (Wildman–Crippen LogP) is 5.84. The first-order chi connectivity index (χ1) is 18.3. The molecular weight excluding hydrogens is 478 g/mol. The predicted molar refractivity (Wildman–Crippen MR) is 150 cm³/mol. The van der Waals surface area contributed by atoms with Gasteiger partial charge in [-0.15, -0.1) is 0 Å². The molecule has 6 heteroatoms. The van der Waals surface area contributed by atoms with E-state index in [1.807, 2.05) is 61.5 Å². The number of cyclic esters (lactones) is 1. The molecule has 3 rings (SSSR count). The van der Waals surface area contributed by atoms with Gasteiger partial charge in [-0.25, -0.2) is 4.79 Å². The van der Waals surface area contributed by atoms with Gasteiger partial charge in [0.1, 0.15) is 17.9 Å². The quantitative estimate of drug-likeness (QED) is 0.248. The smallest absolute Gasteiger partial charge is 0.329 e. The highest BCUT2D eigenvalue weighted by molar-refractivity contribution is 5.85. The number of rotatable bonds is 8. The van der Waals surface area contributed by atoms with Crippen LogP contribution in [0.5, 0.6) is 5.75 Å². The van der Waals surface area contributed by atoms with Crippen LogP contribution in [0.15, 0.2) is 66.7 Å². The maximum atomic E-state index is 13.6. The number of nitrogens with zero attached hydrogens (tertiary/aromatic N) is 1. The second kappa shape index (κ2) is 14.7. The molecule has 2 aromatic carbocycles. The van der Waals surface area contributed by atoms with E-state index in [4.69, 9.17) is 14.2 Å². The van der Waals surface area contributed by atoms with Crippen LogP contribution in [0.1, 0.15) is 51.2 Å². The zero-order valence-corrected chi connectivity index (χ0v) is 23.5. The number of ether oxygens (including phenoxy) is 3. The highest BCUT2D eigenvalue weighted by Crippen LogP contribution is 2.23. The summed E-state index contributed by atoms with van der Waals surface area (Å²) >= 11 is 0. The lowest BCUT2D eigenvalue weighted by Gasteiger charge is -2.31. The van der Waals surface area contributed by atoms with E-state index in [1.54, 1.807) is 19.1 Å². The second-order valence-corrected chi connectivity index (χ2v) is 10.6. The molecule has 0 fully saturated rings. The van der Waals surface area contributed by atoms with Crippen molar-refractivity contribution in [2.45, 2.75) is 65.2 Å². The van der Waals surface area contributed by atoms with Gasteiger partial charge < -0.3 is 19.1 Å².